The van der Waals surface area contributed by atoms with E-state index in [9.17, 15) is 9.59 Å². The fourth-order valence-corrected chi connectivity index (χ4v) is 3.39. The van der Waals surface area contributed by atoms with Gasteiger partial charge in [-0.1, -0.05) is 0 Å². The Balaban J connectivity index is 1.57. The Morgan fingerprint density at radius 3 is 2.80 bits per heavy atom. The van der Waals surface area contributed by atoms with Crippen molar-refractivity contribution < 1.29 is 9.59 Å². The second-order valence-corrected chi connectivity index (χ2v) is 6.63. The van der Waals surface area contributed by atoms with Gasteiger partial charge in [-0.05, 0) is 26.2 Å². The van der Waals surface area contributed by atoms with Crippen LogP contribution in [0, 0.1) is 5.92 Å². The van der Waals surface area contributed by atoms with Gasteiger partial charge in [-0.25, -0.2) is 15.0 Å². The highest BCUT2D eigenvalue weighted by Crippen LogP contribution is 2.32. The molecule has 4 rings (SSSR count). The largest absolute Gasteiger partial charge is 0.364 e. The average molecular weight is 343 g/mol. The number of carbonyl (C=O) groups is 2. The molecule has 9 heteroatoms. The lowest BCUT2D eigenvalue weighted by molar-refractivity contribution is -0.131. The number of aromatic nitrogens is 4. The minimum Gasteiger partial charge on any atom is -0.364 e. The molecule has 1 aliphatic carbocycles. The number of carbonyl (C=O) groups excluding carboxylic acids is 2. The van der Waals surface area contributed by atoms with Crippen LogP contribution in [0.3, 0.4) is 0 Å². The first kappa shape index (κ1) is 15.8. The number of anilines is 1. The smallest absolute Gasteiger partial charge is 0.284 e. The Morgan fingerprint density at radius 2 is 2.12 bits per heavy atom. The van der Waals surface area contributed by atoms with Crippen LogP contribution in [-0.4, -0.2) is 55.4 Å². The van der Waals surface area contributed by atoms with Crippen LogP contribution in [0.15, 0.2) is 6.33 Å². The molecule has 1 atom stereocenters. The zero-order valence-corrected chi connectivity index (χ0v) is 14.1. The van der Waals surface area contributed by atoms with Crippen molar-refractivity contribution in [3.8, 4) is 0 Å². The number of hydrogen-bond donors (Lipinski definition) is 2. The molecule has 0 spiro atoms. The van der Waals surface area contributed by atoms with E-state index in [1.807, 2.05) is 11.8 Å². The topological polar surface area (TPSA) is 119 Å². The lowest BCUT2D eigenvalue weighted by atomic mass is 10.2. The maximum Gasteiger partial charge on any atom is 0.284 e. The summed E-state index contributed by atoms with van der Waals surface area (Å²) in [5.41, 5.74) is 6.53. The van der Waals surface area contributed by atoms with E-state index in [1.54, 1.807) is 4.57 Å². The lowest BCUT2D eigenvalue weighted by Gasteiger charge is -2.17. The molecule has 3 N–H and O–H groups in total. The molecule has 0 radical (unpaired) electrons. The van der Waals surface area contributed by atoms with E-state index in [0.717, 1.165) is 25.8 Å². The first-order valence-corrected chi connectivity index (χ1v) is 8.64. The van der Waals surface area contributed by atoms with E-state index in [0.29, 0.717) is 30.1 Å². The van der Waals surface area contributed by atoms with Crippen LogP contribution in [0.1, 0.15) is 36.8 Å². The van der Waals surface area contributed by atoms with Crippen LogP contribution < -0.4 is 11.1 Å². The quantitative estimate of drug-likeness (QED) is 0.809. The number of nitrogens with two attached hydrogens (primary N) is 1. The zero-order valence-electron chi connectivity index (χ0n) is 14.1. The molecule has 1 unspecified atom stereocenters. The molecular weight excluding hydrogens is 322 g/mol. The minimum atomic E-state index is -0.590. The maximum absolute atomic E-state index is 12.2. The molecule has 9 nitrogen and oxygen atoms in total. The van der Waals surface area contributed by atoms with Crippen molar-refractivity contribution >= 4 is 28.8 Å². The molecule has 0 bridgehead atoms. The molecule has 2 aromatic rings. The number of likely N-dealkylation sites (tertiary alicyclic amines) is 1. The van der Waals surface area contributed by atoms with Crippen molar-refractivity contribution in [3.63, 3.8) is 0 Å². The summed E-state index contributed by atoms with van der Waals surface area (Å²) >= 11 is 0. The standard InChI is InChI=1S/C16H21N7O2/c1-2-23-14-11(21-15(23)12(17)24)13(18-8-19-14)20-10-5-6-22(7-10)16(25)9-3-4-9/h8-10H,2-7H2,1H3,(H2,17,24)(H,18,19,20). The van der Waals surface area contributed by atoms with E-state index in [2.05, 4.69) is 20.3 Å². The van der Waals surface area contributed by atoms with Crippen LogP contribution in [0.4, 0.5) is 5.82 Å². The predicted octanol–water partition coefficient (Wildman–Crippen LogP) is 0.368. The fraction of sp³-hybridized carbons (Fsp3) is 0.562. The molecule has 2 aromatic heterocycles. The predicted molar refractivity (Wildman–Crippen MR) is 90.8 cm³/mol. The van der Waals surface area contributed by atoms with Gasteiger partial charge < -0.3 is 20.5 Å². The van der Waals surface area contributed by atoms with Crippen LogP contribution in [0.25, 0.3) is 11.2 Å². The van der Waals surface area contributed by atoms with E-state index < -0.39 is 5.91 Å². The van der Waals surface area contributed by atoms with Gasteiger partial charge in [-0.3, -0.25) is 9.59 Å². The summed E-state index contributed by atoms with van der Waals surface area (Å²) < 4.78 is 1.68. The first-order valence-electron chi connectivity index (χ1n) is 8.64. The van der Waals surface area contributed by atoms with Crippen molar-refractivity contribution in [2.45, 2.75) is 38.8 Å². The van der Waals surface area contributed by atoms with Gasteiger partial charge in [-0.15, -0.1) is 0 Å². The highest BCUT2D eigenvalue weighted by Gasteiger charge is 2.36. The van der Waals surface area contributed by atoms with Crippen molar-refractivity contribution in [2.75, 3.05) is 18.4 Å². The van der Waals surface area contributed by atoms with Gasteiger partial charge in [-0.2, -0.15) is 0 Å². The summed E-state index contributed by atoms with van der Waals surface area (Å²) in [4.78, 5) is 38.6. The van der Waals surface area contributed by atoms with Gasteiger partial charge in [0.15, 0.2) is 17.0 Å². The number of primary amides is 1. The number of aryl methyl sites for hydroxylation is 1. The van der Waals surface area contributed by atoms with Gasteiger partial charge >= 0.3 is 0 Å². The van der Waals surface area contributed by atoms with E-state index in [4.69, 9.17) is 5.73 Å². The number of rotatable bonds is 5. The van der Waals surface area contributed by atoms with Crippen molar-refractivity contribution in [1.82, 2.24) is 24.4 Å². The molecular formula is C16H21N7O2. The average Bonchev–Trinajstić information content (AvgIpc) is 3.22. The normalized spacial score (nSPS) is 20.2. The molecule has 1 saturated heterocycles. The Morgan fingerprint density at radius 1 is 1.32 bits per heavy atom. The molecule has 2 aliphatic rings. The number of amides is 2. The van der Waals surface area contributed by atoms with Crippen LogP contribution >= 0.6 is 0 Å². The van der Waals surface area contributed by atoms with Crippen molar-refractivity contribution in [1.29, 1.82) is 0 Å². The Bertz CT molecular complexity index is 842. The number of hydrogen-bond acceptors (Lipinski definition) is 6. The van der Waals surface area contributed by atoms with E-state index in [1.165, 1.54) is 6.33 Å². The number of fused-ring (bicyclic) bond motifs is 1. The highest BCUT2D eigenvalue weighted by molar-refractivity contribution is 5.95. The van der Waals surface area contributed by atoms with Gasteiger partial charge in [0, 0.05) is 31.6 Å². The molecule has 132 valence electrons. The first-order chi connectivity index (χ1) is 12.1. The molecule has 1 aliphatic heterocycles. The number of nitrogens with zero attached hydrogens (tertiary/aromatic N) is 5. The van der Waals surface area contributed by atoms with E-state index >= 15 is 0 Å². The molecule has 1 saturated carbocycles. The third kappa shape index (κ3) is 2.79. The van der Waals surface area contributed by atoms with Crippen LogP contribution in [-0.2, 0) is 11.3 Å². The fourth-order valence-electron chi connectivity index (χ4n) is 3.39. The third-order valence-electron chi connectivity index (χ3n) is 4.84. The second kappa shape index (κ2) is 5.98. The van der Waals surface area contributed by atoms with Crippen LogP contribution in [0.5, 0.6) is 0 Å². The van der Waals surface area contributed by atoms with Crippen molar-refractivity contribution in [2.24, 2.45) is 11.7 Å². The monoisotopic (exact) mass is 343 g/mol. The summed E-state index contributed by atoms with van der Waals surface area (Å²) in [5, 5.41) is 3.36. The lowest BCUT2D eigenvalue weighted by Crippen LogP contribution is -2.32. The molecule has 0 aromatic carbocycles. The minimum absolute atomic E-state index is 0.115. The summed E-state index contributed by atoms with van der Waals surface area (Å²) in [6.45, 7) is 3.87. The van der Waals surface area contributed by atoms with E-state index in [-0.39, 0.29) is 23.7 Å². The summed E-state index contributed by atoms with van der Waals surface area (Å²) in [5.74, 6) is 0.669. The van der Waals surface area contributed by atoms with Gasteiger partial charge in [0.05, 0.1) is 0 Å². The second-order valence-electron chi connectivity index (χ2n) is 6.63. The summed E-state index contributed by atoms with van der Waals surface area (Å²) in [6.07, 6.45) is 4.35. The number of imidazole rings is 1. The van der Waals surface area contributed by atoms with Gasteiger partial charge in [0.1, 0.15) is 6.33 Å². The Kier molecular flexibility index (Phi) is 3.78. The zero-order chi connectivity index (χ0) is 17.6. The van der Waals surface area contributed by atoms with Crippen LogP contribution in [0.2, 0.25) is 0 Å². The summed E-state index contributed by atoms with van der Waals surface area (Å²) in [6, 6.07) is 0.115. The summed E-state index contributed by atoms with van der Waals surface area (Å²) in [7, 11) is 0. The molecule has 2 amide bonds. The third-order valence-corrected chi connectivity index (χ3v) is 4.84. The molecule has 2 fully saturated rings. The van der Waals surface area contributed by atoms with Gasteiger partial charge in [0.25, 0.3) is 5.91 Å². The number of nitrogens with one attached hydrogen (secondary N) is 1. The van der Waals surface area contributed by atoms with Gasteiger partial charge in [0.2, 0.25) is 11.7 Å². The molecule has 25 heavy (non-hydrogen) atoms. The Labute approximate surface area is 144 Å². The SMILES string of the molecule is CCn1c(C(N)=O)nc2c(NC3CCN(C(=O)C4CC4)C3)ncnc21. The molecule has 3 heterocycles. The van der Waals surface area contributed by atoms with Crippen molar-refractivity contribution in [3.05, 3.63) is 12.2 Å². The maximum atomic E-state index is 12.2. The Hall–Kier alpha value is -2.71. The highest BCUT2D eigenvalue weighted by atomic mass is 16.2.